The molecule has 0 bridgehead atoms. The van der Waals surface area contributed by atoms with Crippen molar-refractivity contribution in [3.8, 4) is 5.75 Å². The Balaban J connectivity index is 1.36. The van der Waals surface area contributed by atoms with Crippen LogP contribution in [0.3, 0.4) is 0 Å². The van der Waals surface area contributed by atoms with E-state index < -0.39 is 0 Å². The molecule has 2 aliphatic rings. The van der Waals surface area contributed by atoms with E-state index in [2.05, 4.69) is 26.2 Å². The summed E-state index contributed by atoms with van der Waals surface area (Å²) >= 11 is 0. The molecule has 136 valence electrons. The number of nitrogens with one attached hydrogen (secondary N) is 1. The molecule has 1 amide bonds. The Hall–Kier alpha value is -2.76. The van der Waals surface area contributed by atoms with E-state index in [0.29, 0.717) is 5.82 Å². The fourth-order valence-corrected chi connectivity index (χ4v) is 3.32. The summed E-state index contributed by atoms with van der Waals surface area (Å²) in [5, 5.41) is 2.88. The summed E-state index contributed by atoms with van der Waals surface area (Å²) in [6, 6.07) is 12.1. The maximum absolute atomic E-state index is 11.8. The van der Waals surface area contributed by atoms with Crippen molar-refractivity contribution in [2.75, 3.05) is 48.4 Å². The van der Waals surface area contributed by atoms with Crippen LogP contribution in [0.5, 0.6) is 5.75 Å². The van der Waals surface area contributed by atoms with Crippen LogP contribution >= 0.6 is 0 Å². The fraction of sp³-hybridized carbons (Fsp3) is 0.400. The van der Waals surface area contributed by atoms with Gasteiger partial charge in [-0.3, -0.25) is 4.79 Å². The highest BCUT2D eigenvalue weighted by Crippen LogP contribution is 2.31. The molecule has 1 saturated carbocycles. The monoisotopic (exact) mass is 352 g/mol. The van der Waals surface area contributed by atoms with Gasteiger partial charge in [0.25, 0.3) is 0 Å². The minimum absolute atomic E-state index is 0.0932. The zero-order valence-electron chi connectivity index (χ0n) is 15.0. The second kappa shape index (κ2) is 7.23. The van der Waals surface area contributed by atoms with E-state index in [0.717, 1.165) is 56.1 Å². The van der Waals surface area contributed by atoms with Crippen molar-refractivity contribution < 1.29 is 9.53 Å². The van der Waals surface area contributed by atoms with Gasteiger partial charge in [-0.05, 0) is 37.1 Å². The van der Waals surface area contributed by atoms with E-state index >= 15 is 0 Å². The lowest BCUT2D eigenvalue weighted by Gasteiger charge is -2.37. The van der Waals surface area contributed by atoms with Gasteiger partial charge in [0.1, 0.15) is 11.6 Å². The number of pyridine rings is 1. The first-order valence-corrected chi connectivity index (χ1v) is 9.14. The zero-order chi connectivity index (χ0) is 17.9. The maximum atomic E-state index is 11.8. The predicted molar refractivity (Wildman–Crippen MR) is 103 cm³/mol. The van der Waals surface area contributed by atoms with E-state index in [-0.39, 0.29) is 11.8 Å². The number of ether oxygens (including phenoxy) is 1. The number of nitrogens with zero attached hydrogens (tertiary/aromatic N) is 3. The van der Waals surface area contributed by atoms with Crippen LogP contribution in [-0.2, 0) is 4.79 Å². The molecule has 2 aromatic rings. The van der Waals surface area contributed by atoms with Gasteiger partial charge in [-0.2, -0.15) is 0 Å². The van der Waals surface area contributed by atoms with Gasteiger partial charge < -0.3 is 19.9 Å². The van der Waals surface area contributed by atoms with Crippen molar-refractivity contribution in [2.45, 2.75) is 12.8 Å². The number of aromatic nitrogens is 1. The van der Waals surface area contributed by atoms with Gasteiger partial charge in [-0.25, -0.2) is 4.98 Å². The third-order valence-electron chi connectivity index (χ3n) is 5.02. The van der Waals surface area contributed by atoms with E-state index in [1.54, 1.807) is 7.11 Å². The van der Waals surface area contributed by atoms with Gasteiger partial charge in [0.05, 0.1) is 24.7 Å². The summed E-state index contributed by atoms with van der Waals surface area (Å²) in [4.78, 5) is 20.9. The number of carbonyl (C=O) groups excluding carboxylic acids is 1. The van der Waals surface area contributed by atoms with Gasteiger partial charge in [-0.1, -0.05) is 12.1 Å². The van der Waals surface area contributed by atoms with E-state index in [1.807, 2.05) is 36.5 Å². The van der Waals surface area contributed by atoms with Gasteiger partial charge in [0.2, 0.25) is 5.91 Å². The number of anilines is 3. The van der Waals surface area contributed by atoms with Crippen molar-refractivity contribution in [3.63, 3.8) is 0 Å². The van der Waals surface area contributed by atoms with Crippen LogP contribution in [0, 0.1) is 5.92 Å². The molecular formula is C20H24N4O2. The SMILES string of the molecule is COc1ccccc1N1CCN(c2ccc(NC(=O)C3CC3)nc2)CC1. The average molecular weight is 352 g/mol. The Bertz CT molecular complexity index is 766. The lowest BCUT2D eigenvalue weighted by Crippen LogP contribution is -2.46. The number of methoxy groups -OCH3 is 1. The first-order valence-electron chi connectivity index (χ1n) is 9.14. The first kappa shape index (κ1) is 16.7. The van der Waals surface area contributed by atoms with Crippen molar-refractivity contribution in [2.24, 2.45) is 5.92 Å². The molecule has 1 aliphatic heterocycles. The number of carbonyl (C=O) groups is 1. The van der Waals surface area contributed by atoms with Crippen LogP contribution in [0.15, 0.2) is 42.6 Å². The third-order valence-corrected chi connectivity index (χ3v) is 5.02. The highest BCUT2D eigenvalue weighted by molar-refractivity contribution is 5.93. The number of rotatable bonds is 5. The topological polar surface area (TPSA) is 57.7 Å². The Labute approximate surface area is 153 Å². The third kappa shape index (κ3) is 3.59. The van der Waals surface area contributed by atoms with Crippen LogP contribution in [0.4, 0.5) is 17.2 Å². The van der Waals surface area contributed by atoms with E-state index in [9.17, 15) is 4.79 Å². The average Bonchev–Trinajstić information content (AvgIpc) is 3.54. The lowest BCUT2D eigenvalue weighted by molar-refractivity contribution is -0.117. The summed E-state index contributed by atoms with van der Waals surface area (Å²) < 4.78 is 5.48. The molecule has 26 heavy (non-hydrogen) atoms. The lowest BCUT2D eigenvalue weighted by atomic mass is 10.2. The molecular weight excluding hydrogens is 328 g/mol. The Morgan fingerprint density at radius 1 is 1.08 bits per heavy atom. The van der Waals surface area contributed by atoms with E-state index in [4.69, 9.17) is 4.74 Å². The molecule has 1 aliphatic carbocycles. The van der Waals surface area contributed by atoms with Crippen LogP contribution in [-0.4, -0.2) is 44.2 Å². The van der Waals surface area contributed by atoms with Gasteiger partial charge >= 0.3 is 0 Å². The van der Waals surface area contributed by atoms with Crippen LogP contribution in [0.2, 0.25) is 0 Å². The number of hydrogen-bond donors (Lipinski definition) is 1. The summed E-state index contributed by atoms with van der Waals surface area (Å²) in [5.41, 5.74) is 2.24. The second-order valence-electron chi connectivity index (χ2n) is 6.81. The fourth-order valence-electron chi connectivity index (χ4n) is 3.32. The van der Waals surface area contributed by atoms with Crippen molar-refractivity contribution in [3.05, 3.63) is 42.6 Å². The number of piperazine rings is 1. The Kier molecular flexibility index (Phi) is 4.65. The summed E-state index contributed by atoms with van der Waals surface area (Å²) in [6.45, 7) is 3.71. The van der Waals surface area contributed by atoms with Crippen molar-refractivity contribution >= 4 is 23.1 Å². The van der Waals surface area contributed by atoms with E-state index in [1.165, 1.54) is 0 Å². The molecule has 0 atom stereocenters. The maximum Gasteiger partial charge on any atom is 0.228 e. The minimum Gasteiger partial charge on any atom is -0.495 e. The Morgan fingerprint density at radius 2 is 1.81 bits per heavy atom. The zero-order valence-corrected chi connectivity index (χ0v) is 15.0. The molecule has 0 spiro atoms. The normalized spacial score (nSPS) is 17.1. The largest absolute Gasteiger partial charge is 0.495 e. The molecule has 1 aromatic heterocycles. The first-order chi connectivity index (χ1) is 12.7. The number of hydrogen-bond acceptors (Lipinski definition) is 5. The second-order valence-corrected chi connectivity index (χ2v) is 6.81. The molecule has 1 saturated heterocycles. The van der Waals surface area contributed by atoms with Gasteiger partial charge in [0, 0.05) is 32.1 Å². The summed E-state index contributed by atoms with van der Waals surface area (Å²) in [5.74, 6) is 1.84. The molecule has 2 heterocycles. The summed E-state index contributed by atoms with van der Waals surface area (Å²) in [6.07, 6.45) is 3.85. The van der Waals surface area contributed by atoms with Gasteiger partial charge in [0.15, 0.2) is 0 Å². The highest BCUT2D eigenvalue weighted by Gasteiger charge is 2.29. The molecule has 1 aromatic carbocycles. The molecule has 0 unspecified atom stereocenters. The van der Waals surface area contributed by atoms with Crippen LogP contribution < -0.4 is 19.9 Å². The van der Waals surface area contributed by atoms with Gasteiger partial charge in [-0.15, -0.1) is 0 Å². The molecule has 4 rings (SSSR count). The molecule has 1 N–H and O–H groups in total. The number of amides is 1. The molecule has 6 heteroatoms. The standard InChI is InChI=1S/C20H24N4O2/c1-26-18-5-3-2-4-17(18)24-12-10-23(11-13-24)16-8-9-19(21-14-16)22-20(25)15-6-7-15/h2-5,8-9,14-15H,6-7,10-13H2,1H3,(H,21,22,25). The quantitative estimate of drug-likeness (QED) is 0.897. The van der Waals surface area contributed by atoms with Crippen molar-refractivity contribution in [1.82, 2.24) is 4.98 Å². The highest BCUT2D eigenvalue weighted by atomic mass is 16.5. The van der Waals surface area contributed by atoms with Crippen LogP contribution in [0.1, 0.15) is 12.8 Å². The molecule has 0 radical (unpaired) electrons. The Morgan fingerprint density at radius 3 is 2.46 bits per heavy atom. The number of benzene rings is 1. The predicted octanol–water partition coefficient (Wildman–Crippen LogP) is 2.77. The minimum atomic E-state index is 0.0932. The molecule has 6 nitrogen and oxygen atoms in total. The van der Waals surface area contributed by atoms with Crippen molar-refractivity contribution in [1.29, 1.82) is 0 Å². The number of para-hydroxylation sites is 2. The summed E-state index contributed by atoms with van der Waals surface area (Å²) in [7, 11) is 1.71. The molecule has 2 fully saturated rings. The van der Waals surface area contributed by atoms with Crippen LogP contribution in [0.25, 0.3) is 0 Å². The smallest absolute Gasteiger partial charge is 0.228 e.